The maximum Gasteiger partial charge on any atom is 0.124 e. The number of rotatable bonds is 3. The first-order chi connectivity index (χ1) is 7.83. The number of aliphatic hydroxyl groups is 1. The number of aliphatic hydroxyl groups excluding tert-OH is 1. The zero-order valence-electron chi connectivity index (χ0n) is 9.56. The molecule has 1 unspecified atom stereocenters. The lowest BCUT2D eigenvalue weighted by Crippen LogP contribution is -2.22. The molecular formula is C13H18O3. The second-order valence-electron chi connectivity index (χ2n) is 4.14. The third-order valence-corrected chi connectivity index (χ3v) is 3.17. The van der Waals surface area contributed by atoms with Gasteiger partial charge in [-0.1, -0.05) is 18.2 Å². The number of hydrogen-bond acceptors (Lipinski definition) is 3. The van der Waals surface area contributed by atoms with Crippen LogP contribution in [-0.4, -0.2) is 25.4 Å². The van der Waals surface area contributed by atoms with E-state index in [4.69, 9.17) is 9.47 Å². The summed E-state index contributed by atoms with van der Waals surface area (Å²) in [4.78, 5) is 0. The van der Waals surface area contributed by atoms with Gasteiger partial charge in [0.25, 0.3) is 0 Å². The molecule has 1 aliphatic rings. The molecule has 0 spiro atoms. The van der Waals surface area contributed by atoms with Crippen LogP contribution in [0.3, 0.4) is 0 Å². The maximum absolute atomic E-state index is 10.3. The lowest BCUT2D eigenvalue weighted by molar-refractivity contribution is 0.00637. The highest BCUT2D eigenvalue weighted by Gasteiger charge is 2.25. The summed E-state index contributed by atoms with van der Waals surface area (Å²) in [6, 6.07) is 7.66. The lowest BCUT2D eigenvalue weighted by Gasteiger charge is -2.27. The number of methoxy groups -OCH3 is 1. The standard InChI is InChI=1S/C13H18O3/c1-15-12-5-3-2-4-11(12)13(14)10-6-8-16-9-7-10/h2-5,10,13-14H,6-9H2,1H3. The Bertz CT molecular complexity index is 332. The highest BCUT2D eigenvalue weighted by Crippen LogP contribution is 2.34. The Morgan fingerprint density at radius 2 is 2.00 bits per heavy atom. The van der Waals surface area contributed by atoms with Gasteiger partial charge in [-0.15, -0.1) is 0 Å². The monoisotopic (exact) mass is 222 g/mol. The molecule has 1 fully saturated rings. The van der Waals surface area contributed by atoms with Crippen LogP contribution < -0.4 is 4.74 Å². The van der Waals surface area contributed by atoms with Crippen molar-refractivity contribution < 1.29 is 14.6 Å². The van der Waals surface area contributed by atoms with Crippen molar-refractivity contribution in [3.8, 4) is 5.75 Å². The van der Waals surface area contributed by atoms with Gasteiger partial charge in [-0.25, -0.2) is 0 Å². The lowest BCUT2D eigenvalue weighted by atomic mass is 9.89. The van der Waals surface area contributed by atoms with Crippen LogP contribution in [-0.2, 0) is 4.74 Å². The fourth-order valence-corrected chi connectivity index (χ4v) is 2.20. The average molecular weight is 222 g/mol. The summed E-state index contributed by atoms with van der Waals surface area (Å²) in [7, 11) is 1.63. The average Bonchev–Trinajstić information content (AvgIpc) is 2.39. The van der Waals surface area contributed by atoms with E-state index in [2.05, 4.69) is 0 Å². The van der Waals surface area contributed by atoms with E-state index in [1.165, 1.54) is 0 Å². The van der Waals surface area contributed by atoms with E-state index in [1.807, 2.05) is 24.3 Å². The smallest absolute Gasteiger partial charge is 0.124 e. The number of benzene rings is 1. The van der Waals surface area contributed by atoms with Crippen molar-refractivity contribution in [2.75, 3.05) is 20.3 Å². The van der Waals surface area contributed by atoms with Gasteiger partial charge >= 0.3 is 0 Å². The van der Waals surface area contributed by atoms with Gasteiger partial charge in [-0.3, -0.25) is 0 Å². The van der Waals surface area contributed by atoms with Crippen molar-refractivity contribution in [3.05, 3.63) is 29.8 Å². The number of ether oxygens (including phenoxy) is 2. The van der Waals surface area contributed by atoms with Crippen LogP contribution >= 0.6 is 0 Å². The third-order valence-electron chi connectivity index (χ3n) is 3.17. The molecule has 1 aromatic carbocycles. The van der Waals surface area contributed by atoms with E-state index < -0.39 is 6.10 Å². The second kappa shape index (κ2) is 5.32. The van der Waals surface area contributed by atoms with E-state index >= 15 is 0 Å². The minimum Gasteiger partial charge on any atom is -0.496 e. The highest BCUT2D eigenvalue weighted by atomic mass is 16.5. The molecule has 3 nitrogen and oxygen atoms in total. The summed E-state index contributed by atoms with van der Waals surface area (Å²) >= 11 is 0. The molecule has 2 rings (SSSR count). The fourth-order valence-electron chi connectivity index (χ4n) is 2.20. The molecule has 1 saturated heterocycles. The van der Waals surface area contributed by atoms with Crippen LogP contribution in [0.5, 0.6) is 5.75 Å². The first-order valence-electron chi connectivity index (χ1n) is 5.71. The van der Waals surface area contributed by atoms with Crippen LogP contribution in [0.2, 0.25) is 0 Å². The minimum atomic E-state index is -0.444. The Morgan fingerprint density at radius 3 is 2.69 bits per heavy atom. The molecule has 0 saturated carbocycles. The van der Waals surface area contributed by atoms with Gasteiger partial charge in [0, 0.05) is 18.8 Å². The first-order valence-corrected chi connectivity index (χ1v) is 5.71. The van der Waals surface area contributed by atoms with Gasteiger partial charge in [0.1, 0.15) is 5.75 Å². The molecule has 0 amide bonds. The zero-order chi connectivity index (χ0) is 11.4. The van der Waals surface area contributed by atoms with Crippen molar-refractivity contribution in [2.45, 2.75) is 18.9 Å². The Hall–Kier alpha value is -1.06. The van der Waals surface area contributed by atoms with Gasteiger partial charge < -0.3 is 14.6 Å². The van der Waals surface area contributed by atoms with Crippen molar-refractivity contribution in [1.29, 1.82) is 0 Å². The Kier molecular flexibility index (Phi) is 3.80. The normalized spacial score (nSPS) is 19.4. The minimum absolute atomic E-state index is 0.282. The van der Waals surface area contributed by atoms with Crippen LogP contribution in [0.1, 0.15) is 24.5 Å². The molecule has 0 radical (unpaired) electrons. The van der Waals surface area contributed by atoms with Crippen LogP contribution in [0.15, 0.2) is 24.3 Å². The van der Waals surface area contributed by atoms with E-state index in [1.54, 1.807) is 7.11 Å². The summed E-state index contributed by atoms with van der Waals surface area (Å²) in [6.45, 7) is 1.49. The van der Waals surface area contributed by atoms with Crippen LogP contribution in [0.25, 0.3) is 0 Å². The summed E-state index contributed by atoms with van der Waals surface area (Å²) in [6.07, 6.45) is 1.39. The quantitative estimate of drug-likeness (QED) is 0.851. The fraction of sp³-hybridized carbons (Fsp3) is 0.538. The predicted octanol–water partition coefficient (Wildman–Crippen LogP) is 2.16. The maximum atomic E-state index is 10.3. The Labute approximate surface area is 96.0 Å². The molecule has 1 aromatic rings. The van der Waals surface area contributed by atoms with Gasteiger partial charge in [0.2, 0.25) is 0 Å². The van der Waals surface area contributed by atoms with Crippen LogP contribution in [0, 0.1) is 5.92 Å². The van der Waals surface area contributed by atoms with E-state index in [9.17, 15) is 5.11 Å². The SMILES string of the molecule is COc1ccccc1C(O)C1CCOCC1. The predicted molar refractivity (Wildman–Crippen MR) is 61.5 cm³/mol. The second-order valence-corrected chi connectivity index (χ2v) is 4.14. The molecule has 1 atom stereocenters. The Morgan fingerprint density at radius 1 is 1.31 bits per heavy atom. The summed E-state index contributed by atoms with van der Waals surface area (Å²) < 4.78 is 10.6. The Balaban J connectivity index is 2.15. The molecule has 88 valence electrons. The summed E-state index contributed by atoms with van der Waals surface area (Å²) in [5.74, 6) is 1.05. The largest absolute Gasteiger partial charge is 0.496 e. The molecule has 0 aromatic heterocycles. The van der Waals surface area contributed by atoms with Gasteiger partial charge in [-0.05, 0) is 24.8 Å². The highest BCUT2D eigenvalue weighted by molar-refractivity contribution is 5.35. The van der Waals surface area contributed by atoms with Gasteiger partial charge in [-0.2, -0.15) is 0 Å². The first kappa shape index (κ1) is 11.4. The molecule has 3 heteroatoms. The molecular weight excluding hydrogens is 204 g/mol. The molecule has 0 bridgehead atoms. The molecule has 16 heavy (non-hydrogen) atoms. The summed E-state index contributed by atoms with van der Waals surface area (Å²) in [5, 5.41) is 10.3. The molecule has 1 N–H and O–H groups in total. The topological polar surface area (TPSA) is 38.7 Å². The summed E-state index contributed by atoms with van der Waals surface area (Å²) in [5.41, 5.74) is 0.886. The van der Waals surface area contributed by atoms with Crippen molar-refractivity contribution in [2.24, 2.45) is 5.92 Å². The number of hydrogen-bond donors (Lipinski definition) is 1. The zero-order valence-corrected chi connectivity index (χ0v) is 9.56. The van der Waals surface area contributed by atoms with Crippen LogP contribution in [0.4, 0.5) is 0 Å². The van der Waals surface area contributed by atoms with Crippen molar-refractivity contribution in [1.82, 2.24) is 0 Å². The van der Waals surface area contributed by atoms with Gasteiger partial charge in [0.05, 0.1) is 13.2 Å². The van der Waals surface area contributed by atoms with Gasteiger partial charge in [0.15, 0.2) is 0 Å². The number of para-hydroxylation sites is 1. The molecule has 1 heterocycles. The molecule has 1 aliphatic heterocycles. The third kappa shape index (κ3) is 2.36. The van der Waals surface area contributed by atoms with Crippen molar-refractivity contribution >= 4 is 0 Å². The van der Waals surface area contributed by atoms with E-state index in [0.717, 1.165) is 37.4 Å². The van der Waals surface area contributed by atoms with E-state index in [-0.39, 0.29) is 5.92 Å². The van der Waals surface area contributed by atoms with Crippen molar-refractivity contribution in [3.63, 3.8) is 0 Å². The molecule has 0 aliphatic carbocycles. The van der Waals surface area contributed by atoms with E-state index in [0.29, 0.717) is 0 Å².